The van der Waals surface area contributed by atoms with E-state index in [1.54, 1.807) is 16.8 Å². The number of nitrogens with zero attached hydrogens (tertiary/aromatic N) is 1. The highest BCUT2D eigenvalue weighted by molar-refractivity contribution is 5.36. The van der Waals surface area contributed by atoms with E-state index in [0.717, 1.165) is 0 Å². The lowest BCUT2D eigenvalue weighted by molar-refractivity contribution is 0.212. The second-order valence-corrected chi connectivity index (χ2v) is 8.57. The number of benzene rings is 1. The Bertz CT molecular complexity index is 656. The fourth-order valence-electron chi connectivity index (χ4n) is 5.27. The zero-order chi connectivity index (χ0) is 17.9. The molecule has 1 fully saturated rings. The van der Waals surface area contributed by atoms with Gasteiger partial charge >= 0.3 is 0 Å². The van der Waals surface area contributed by atoms with Gasteiger partial charge in [0.2, 0.25) is 0 Å². The van der Waals surface area contributed by atoms with Gasteiger partial charge in [-0.25, -0.2) is 0 Å². The van der Waals surface area contributed by atoms with E-state index < -0.39 is 0 Å². The van der Waals surface area contributed by atoms with Crippen molar-refractivity contribution in [2.75, 3.05) is 13.1 Å². The molecule has 1 N–H and O–H groups in total. The predicted molar refractivity (Wildman–Crippen MR) is 110 cm³/mol. The number of hydrogen-bond acceptors (Lipinski definition) is 2. The van der Waals surface area contributed by atoms with E-state index in [9.17, 15) is 0 Å². The lowest BCUT2D eigenvalue weighted by Gasteiger charge is -2.39. The average molecular weight is 351 g/mol. The van der Waals surface area contributed by atoms with Gasteiger partial charge in [0.05, 0.1) is 0 Å². The van der Waals surface area contributed by atoms with Crippen LogP contribution in [0.25, 0.3) is 0 Å². The first-order chi connectivity index (χ1) is 12.7. The highest BCUT2D eigenvalue weighted by atomic mass is 15.2. The molecule has 2 atom stereocenters. The molecule has 0 aromatic heterocycles. The maximum absolute atomic E-state index is 3.75. The topological polar surface area (TPSA) is 15.3 Å². The van der Waals surface area contributed by atoms with Gasteiger partial charge in [-0.2, -0.15) is 0 Å². The van der Waals surface area contributed by atoms with Gasteiger partial charge in [0.1, 0.15) is 0 Å². The zero-order valence-electron chi connectivity index (χ0n) is 16.5. The van der Waals surface area contributed by atoms with Crippen molar-refractivity contribution in [1.29, 1.82) is 0 Å². The summed E-state index contributed by atoms with van der Waals surface area (Å²) in [6, 6.07) is 10.4. The van der Waals surface area contributed by atoms with Gasteiger partial charge < -0.3 is 10.2 Å². The molecule has 26 heavy (non-hydrogen) atoms. The smallest absolute Gasteiger partial charge is 0.0367 e. The van der Waals surface area contributed by atoms with Crippen molar-refractivity contribution in [2.45, 2.75) is 70.9 Å². The van der Waals surface area contributed by atoms with Crippen LogP contribution in [0.1, 0.15) is 57.1 Å². The van der Waals surface area contributed by atoms with Crippen LogP contribution in [0.2, 0.25) is 0 Å². The molecule has 140 valence electrons. The molecule has 0 bridgehead atoms. The van der Waals surface area contributed by atoms with Gasteiger partial charge in [-0.3, -0.25) is 0 Å². The molecular formula is C24H34N2. The Labute approximate surface area is 159 Å². The van der Waals surface area contributed by atoms with Crippen LogP contribution in [0, 0.1) is 5.92 Å². The second kappa shape index (κ2) is 8.00. The summed E-state index contributed by atoms with van der Waals surface area (Å²) >= 11 is 0. The van der Waals surface area contributed by atoms with Crippen LogP contribution in [0.3, 0.4) is 0 Å². The minimum absolute atomic E-state index is 0.634. The molecule has 0 saturated carbocycles. The molecule has 1 aliphatic heterocycles. The van der Waals surface area contributed by atoms with E-state index in [1.165, 1.54) is 63.6 Å². The number of piperidine rings is 1. The van der Waals surface area contributed by atoms with Gasteiger partial charge in [-0.15, -0.1) is 0 Å². The van der Waals surface area contributed by atoms with E-state index in [-0.39, 0.29) is 0 Å². The summed E-state index contributed by atoms with van der Waals surface area (Å²) in [6.45, 7) is 7.13. The molecule has 1 aromatic carbocycles. The summed E-state index contributed by atoms with van der Waals surface area (Å²) < 4.78 is 0. The van der Waals surface area contributed by atoms with E-state index in [1.807, 2.05) is 0 Å². The number of allylic oxidation sites excluding steroid dienone is 4. The van der Waals surface area contributed by atoms with Gasteiger partial charge in [0.15, 0.2) is 0 Å². The van der Waals surface area contributed by atoms with Crippen molar-refractivity contribution < 1.29 is 0 Å². The van der Waals surface area contributed by atoms with Gasteiger partial charge in [-0.1, -0.05) is 49.8 Å². The van der Waals surface area contributed by atoms with Crippen LogP contribution in [-0.2, 0) is 12.8 Å². The van der Waals surface area contributed by atoms with Crippen molar-refractivity contribution in [3.63, 3.8) is 0 Å². The van der Waals surface area contributed by atoms with Crippen molar-refractivity contribution in [3.8, 4) is 0 Å². The number of fused-ring (bicyclic) bond motifs is 1. The molecule has 3 aliphatic rings. The maximum Gasteiger partial charge on any atom is 0.0367 e. The summed E-state index contributed by atoms with van der Waals surface area (Å²) in [6.07, 6.45) is 13.7. The quantitative estimate of drug-likeness (QED) is 0.816. The Kier molecular flexibility index (Phi) is 5.49. The first-order valence-corrected chi connectivity index (χ1v) is 10.7. The van der Waals surface area contributed by atoms with Gasteiger partial charge in [-0.05, 0) is 74.6 Å². The number of nitrogens with one attached hydrogen (secondary N) is 1. The first kappa shape index (κ1) is 17.9. The fraction of sp³-hybridized carbons (Fsp3) is 0.583. The number of rotatable bonds is 5. The summed E-state index contributed by atoms with van der Waals surface area (Å²) in [7, 11) is 0. The van der Waals surface area contributed by atoms with E-state index in [2.05, 4.69) is 60.5 Å². The molecule has 2 unspecified atom stereocenters. The Morgan fingerprint density at radius 3 is 2.54 bits per heavy atom. The summed E-state index contributed by atoms with van der Waals surface area (Å²) in [5.41, 5.74) is 6.23. The second-order valence-electron chi connectivity index (χ2n) is 8.57. The molecule has 1 aromatic rings. The SMILES string of the molecule is CC1=C(N(CCC2CCCCN2)C2Cc3ccccc3C2)C(C)CC=C1. The molecule has 2 heteroatoms. The minimum Gasteiger partial charge on any atom is -0.371 e. The fourth-order valence-corrected chi connectivity index (χ4v) is 5.27. The largest absolute Gasteiger partial charge is 0.371 e. The molecular weight excluding hydrogens is 316 g/mol. The maximum atomic E-state index is 3.75. The van der Waals surface area contributed by atoms with Crippen LogP contribution >= 0.6 is 0 Å². The third kappa shape index (κ3) is 3.76. The monoisotopic (exact) mass is 350 g/mol. The Morgan fingerprint density at radius 1 is 1.12 bits per heavy atom. The van der Waals surface area contributed by atoms with Gasteiger partial charge in [0, 0.05) is 24.3 Å². The Hall–Kier alpha value is -1.54. The summed E-state index contributed by atoms with van der Waals surface area (Å²) in [4.78, 5) is 2.81. The summed E-state index contributed by atoms with van der Waals surface area (Å²) in [5.74, 6) is 0.642. The Balaban J connectivity index is 1.54. The van der Waals surface area contributed by atoms with Crippen molar-refractivity contribution in [2.24, 2.45) is 5.92 Å². The van der Waals surface area contributed by atoms with Crippen molar-refractivity contribution in [3.05, 3.63) is 58.8 Å². The molecule has 0 amide bonds. The molecule has 1 saturated heterocycles. The third-order valence-corrected chi connectivity index (χ3v) is 6.64. The van der Waals surface area contributed by atoms with E-state index in [0.29, 0.717) is 18.0 Å². The molecule has 2 aliphatic carbocycles. The standard InChI is InChI=1S/C24H34N2/c1-18-8-7-9-19(2)24(18)26(15-13-22-12-5-6-14-25-22)23-16-20-10-3-4-11-21(20)17-23/h3-4,7-8,10-11,19,22-23,25H,5-6,9,12-17H2,1-2H3. The lowest BCUT2D eigenvalue weighted by atomic mass is 9.91. The highest BCUT2D eigenvalue weighted by Crippen LogP contribution is 2.34. The highest BCUT2D eigenvalue weighted by Gasteiger charge is 2.31. The molecule has 0 spiro atoms. The average Bonchev–Trinajstić information content (AvgIpc) is 3.08. The van der Waals surface area contributed by atoms with Crippen LogP contribution in [-0.4, -0.2) is 30.1 Å². The van der Waals surface area contributed by atoms with Crippen LogP contribution in [0.4, 0.5) is 0 Å². The van der Waals surface area contributed by atoms with E-state index in [4.69, 9.17) is 0 Å². The van der Waals surface area contributed by atoms with E-state index >= 15 is 0 Å². The molecule has 0 radical (unpaired) electrons. The molecule has 2 nitrogen and oxygen atoms in total. The molecule has 1 heterocycles. The van der Waals surface area contributed by atoms with Crippen molar-refractivity contribution in [1.82, 2.24) is 10.2 Å². The lowest BCUT2D eigenvalue weighted by Crippen LogP contribution is -2.42. The van der Waals surface area contributed by atoms with Crippen LogP contribution in [0.15, 0.2) is 47.7 Å². The van der Waals surface area contributed by atoms with Gasteiger partial charge in [0.25, 0.3) is 0 Å². The molecule has 4 rings (SSSR count). The minimum atomic E-state index is 0.634. The Morgan fingerprint density at radius 2 is 1.88 bits per heavy atom. The van der Waals surface area contributed by atoms with Crippen molar-refractivity contribution >= 4 is 0 Å². The number of hydrogen-bond donors (Lipinski definition) is 1. The van der Waals surface area contributed by atoms with Crippen LogP contribution < -0.4 is 5.32 Å². The summed E-state index contributed by atoms with van der Waals surface area (Å²) in [5, 5.41) is 3.75. The predicted octanol–water partition coefficient (Wildman–Crippen LogP) is 4.86. The third-order valence-electron chi connectivity index (χ3n) is 6.64. The van der Waals surface area contributed by atoms with Crippen LogP contribution in [0.5, 0.6) is 0 Å². The first-order valence-electron chi connectivity index (χ1n) is 10.7. The zero-order valence-corrected chi connectivity index (χ0v) is 16.5. The normalized spacial score (nSPS) is 26.2.